The lowest BCUT2D eigenvalue weighted by Crippen LogP contribution is -2.06. The Kier molecular flexibility index (Phi) is 19.0. The van der Waals surface area contributed by atoms with Crippen LogP contribution < -0.4 is 0 Å². The summed E-state index contributed by atoms with van der Waals surface area (Å²) < 4.78 is 5.12. The normalized spacial score (nSPS) is 11.3. The second kappa shape index (κ2) is 20.0. The highest BCUT2D eigenvalue weighted by molar-refractivity contribution is 5.69. The second-order valence-corrected chi connectivity index (χ2v) is 7.48. The van der Waals surface area contributed by atoms with Crippen molar-refractivity contribution in [1.82, 2.24) is 0 Å². The fraction of sp³-hybridized carbons (Fsp3) is 0.826. The molecule has 3 nitrogen and oxygen atoms in total. The average molecular weight is 364 g/mol. The molecular weight excluding hydrogens is 322 g/mol. The molecule has 0 atom stereocenters. The molecule has 0 saturated heterocycles. The highest BCUT2D eigenvalue weighted by atomic mass is 16.5. The first kappa shape index (κ1) is 24.7. The van der Waals surface area contributed by atoms with Crippen LogP contribution in [-0.4, -0.2) is 12.6 Å². The molecule has 0 unspecified atom stereocenters. The van der Waals surface area contributed by atoms with Crippen molar-refractivity contribution >= 4 is 5.97 Å². The fourth-order valence-electron chi connectivity index (χ4n) is 3.06. The third-order valence-corrected chi connectivity index (χ3v) is 4.76. The Morgan fingerprint density at radius 3 is 1.65 bits per heavy atom. The molecule has 0 aliphatic heterocycles. The van der Waals surface area contributed by atoms with E-state index in [0.717, 1.165) is 18.4 Å². The summed E-state index contributed by atoms with van der Waals surface area (Å²) in [6.45, 7) is 4.31. The van der Waals surface area contributed by atoms with E-state index in [1.807, 2.05) is 6.07 Å². The van der Waals surface area contributed by atoms with Gasteiger partial charge in [0.05, 0.1) is 6.07 Å². The first-order valence-electron chi connectivity index (χ1n) is 10.9. The Hall–Kier alpha value is -1.30. The molecule has 0 heterocycles. The van der Waals surface area contributed by atoms with Crippen molar-refractivity contribution < 1.29 is 9.53 Å². The Labute approximate surface area is 162 Å². The van der Waals surface area contributed by atoms with Gasteiger partial charge in [-0.25, -0.2) is 0 Å². The van der Waals surface area contributed by atoms with Crippen LogP contribution in [0.4, 0.5) is 0 Å². The van der Waals surface area contributed by atoms with E-state index < -0.39 is 0 Å². The Balaban J connectivity index is 3.21. The van der Waals surface area contributed by atoms with Crippen LogP contribution in [0.15, 0.2) is 11.6 Å². The molecule has 0 N–H and O–H groups in total. The van der Waals surface area contributed by atoms with Gasteiger partial charge in [0, 0.05) is 12.5 Å². The minimum atomic E-state index is -0.148. The number of carbonyl (C=O) groups excluding carboxylic acids is 1. The molecule has 0 amide bonds. The summed E-state index contributed by atoms with van der Waals surface area (Å²) in [7, 11) is 0. The minimum absolute atomic E-state index is 0.148. The van der Waals surface area contributed by atoms with Gasteiger partial charge in [-0.3, -0.25) is 4.79 Å². The summed E-state index contributed by atoms with van der Waals surface area (Å²) in [5, 5.41) is 8.49. The van der Waals surface area contributed by atoms with Gasteiger partial charge in [0.1, 0.15) is 6.61 Å². The number of ether oxygens (including phenoxy) is 1. The number of nitrogens with zero attached hydrogens (tertiary/aromatic N) is 1. The number of hydrogen-bond acceptors (Lipinski definition) is 3. The molecule has 0 bridgehead atoms. The average Bonchev–Trinajstić information content (AvgIpc) is 2.63. The molecule has 0 aromatic carbocycles. The minimum Gasteiger partial charge on any atom is -0.461 e. The predicted octanol–water partition coefficient (Wildman–Crippen LogP) is 7.26. The van der Waals surface area contributed by atoms with E-state index in [2.05, 4.69) is 6.92 Å². The maximum Gasteiger partial charge on any atom is 0.306 e. The van der Waals surface area contributed by atoms with Crippen LogP contribution in [0, 0.1) is 11.3 Å². The fourth-order valence-corrected chi connectivity index (χ4v) is 3.06. The quantitative estimate of drug-likeness (QED) is 0.146. The zero-order valence-corrected chi connectivity index (χ0v) is 17.4. The number of esters is 1. The van der Waals surface area contributed by atoms with Crippen LogP contribution >= 0.6 is 0 Å². The second-order valence-electron chi connectivity index (χ2n) is 7.48. The number of carbonyl (C=O) groups is 1. The largest absolute Gasteiger partial charge is 0.461 e. The van der Waals surface area contributed by atoms with Crippen LogP contribution in [0.3, 0.4) is 0 Å². The summed E-state index contributed by atoms with van der Waals surface area (Å²) in [6, 6.07) is 1.94. The number of hydrogen-bond donors (Lipinski definition) is 0. The molecule has 3 heteroatoms. The highest BCUT2D eigenvalue weighted by Crippen LogP contribution is 2.13. The molecular formula is C23H41NO2. The van der Waals surface area contributed by atoms with Gasteiger partial charge in [0.15, 0.2) is 0 Å². The van der Waals surface area contributed by atoms with E-state index in [1.165, 1.54) is 89.5 Å². The molecule has 0 aliphatic rings. The summed E-state index contributed by atoms with van der Waals surface area (Å²) >= 11 is 0. The zero-order valence-electron chi connectivity index (χ0n) is 17.4. The van der Waals surface area contributed by atoms with Crippen molar-refractivity contribution in [2.75, 3.05) is 6.61 Å². The van der Waals surface area contributed by atoms with Gasteiger partial charge in [-0.15, -0.1) is 0 Å². The van der Waals surface area contributed by atoms with Gasteiger partial charge < -0.3 is 4.74 Å². The Bertz CT molecular complexity index is 396. The summed E-state index contributed by atoms with van der Waals surface area (Å²) in [6.07, 6.45) is 21.8. The van der Waals surface area contributed by atoms with Gasteiger partial charge in [-0.05, 0) is 18.9 Å². The van der Waals surface area contributed by atoms with Crippen molar-refractivity contribution in [3.8, 4) is 6.07 Å². The summed E-state index contributed by atoms with van der Waals surface area (Å²) in [5.41, 5.74) is 0.789. The Morgan fingerprint density at radius 1 is 0.808 bits per heavy atom. The van der Waals surface area contributed by atoms with Crippen molar-refractivity contribution in [2.45, 2.75) is 117 Å². The van der Waals surface area contributed by atoms with Crippen LogP contribution in [-0.2, 0) is 9.53 Å². The van der Waals surface area contributed by atoms with Crippen molar-refractivity contribution in [3.05, 3.63) is 11.6 Å². The highest BCUT2D eigenvalue weighted by Gasteiger charge is 2.03. The maximum absolute atomic E-state index is 11.6. The van der Waals surface area contributed by atoms with Gasteiger partial charge >= 0.3 is 5.97 Å². The zero-order chi connectivity index (χ0) is 19.3. The Morgan fingerprint density at radius 2 is 1.23 bits per heavy atom. The molecule has 0 fully saturated rings. The molecule has 0 radical (unpaired) electrons. The number of nitriles is 1. The number of allylic oxidation sites excluding steroid dienone is 1. The third kappa shape index (κ3) is 19.0. The monoisotopic (exact) mass is 363 g/mol. The molecule has 0 aliphatic carbocycles. The lowest BCUT2D eigenvalue weighted by Gasteiger charge is -2.05. The molecule has 0 aromatic heterocycles. The molecule has 0 rings (SSSR count). The van der Waals surface area contributed by atoms with Crippen molar-refractivity contribution in [1.29, 1.82) is 5.26 Å². The summed E-state index contributed by atoms with van der Waals surface area (Å²) in [4.78, 5) is 11.6. The van der Waals surface area contributed by atoms with E-state index in [1.54, 1.807) is 6.92 Å². The molecule has 150 valence electrons. The van der Waals surface area contributed by atoms with E-state index in [9.17, 15) is 4.79 Å². The SMILES string of the molecule is CCCCCCCCCCCCCCCCCC(=O)OCC(C)=CC#N. The lowest BCUT2D eigenvalue weighted by molar-refractivity contribution is -0.142. The molecule has 0 saturated carbocycles. The van der Waals surface area contributed by atoms with Crippen LogP contribution in [0.25, 0.3) is 0 Å². The van der Waals surface area contributed by atoms with Crippen LogP contribution in [0.2, 0.25) is 0 Å². The standard InChI is InChI=1S/C23H41NO2/c1-3-4-5-6-7-8-9-10-11-12-13-14-15-16-17-18-23(25)26-21-22(2)19-20-24/h19H,3-18,21H2,1-2H3. The number of unbranched alkanes of at least 4 members (excludes halogenated alkanes) is 14. The first-order valence-corrected chi connectivity index (χ1v) is 10.9. The van der Waals surface area contributed by atoms with E-state index in [0.29, 0.717) is 6.42 Å². The van der Waals surface area contributed by atoms with E-state index in [-0.39, 0.29) is 12.6 Å². The smallest absolute Gasteiger partial charge is 0.306 e. The topological polar surface area (TPSA) is 50.1 Å². The van der Waals surface area contributed by atoms with Crippen LogP contribution in [0.1, 0.15) is 117 Å². The van der Waals surface area contributed by atoms with Crippen molar-refractivity contribution in [3.63, 3.8) is 0 Å². The number of rotatable bonds is 18. The summed E-state index contributed by atoms with van der Waals surface area (Å²) in [5.74, 6) is -0.148. The van der Waals surface area contributed by atoms with Gasteiger partial charge in [0.25, 0.3) is 0 Å². The van der Waals surface area contributed by atoms with E-state index in [4.69, 9.17) is 10.00 Å². The van der Waals surface area contributed by atoms with Gasteiger partial charge in [-0.1, -0.05) is 96.8 Å². The molecule has 26 heavy (non-hydrogen) atoms. The predicted molar refractivity (Wildman–Crippen MR) is 110 cm³/mol. The molecule has 0 spiro atoms. The van der Waals surface area contributed by atoms with Gasteiger partial charge in [-0.2, -0.15) is 5.26 Å². The molecule has 0 aromatic rings. The van der Waals surface area contributed by atoms with Crippen molar-refractivity contribution in [2.24, 2.45) is 0 Å². The van der Waals surface area contributed by atoms with Gasteiger partial charge in [0.2, 0.25) is 0 Å². The first-order chi connectivity index (χ1) is 12.7. The lowest BCUT2D eigenvalue weighted by atomic mass is 10.0. The van der Waals surface area contributed by atoms with Crippen LogP contribution in [0.5, 0.6) is 0 Å². The van der Waals surface area contributed by atoms with E-state index >= 15 is 0 Å². The maximum atomic E-state index is 11.6. The third-order valence-electron chi connectivity index (χ3n) is 4.76.